The highest BCUT2D eigenvalue weighted by Crippen LogP contribution is 2.43. The summed E-state index contributed by atoms with van der Waals surface area (Å²) in [7, 11) is 0. The third-order valence-electron chi connectivity index (χ3n) is 4.18. The van der Waals surface area contributed by atoms with Gasteiger partial charge in [0, 0.05) is 6.04 Å². The fraction of sp³-hybridized carbons (Fsp3) is 0.769. The van der Waals surface area contributed by atoms with Crippen LogP contribution in [0.5, 0.6) is 0 Å². The summed E-state index contributed by atoms with van der Waals surface area (Å²) in [6.45, 7) is -0.0487. The average molecular weight is 249 g/mol. The minimum Gasteiger partial charge on any atom is -0.368 e. The fourth-order valence-electron chi connectivity index (χ4n) is 2.93. The van der Waals surface area contributed by atoms with Crippen LogP contribution in [0, 0.1) is 16.7 Å². The molecule has 2 aliphatic rings. The van der Waals surface area contributed by atoms with E-state index in [4.69, 9.17) is 5.73 Å². The second-order valence-corrected chi connectivity index (χ2v) is 5.39. The second kappa shape index (κ2) is 4.97. The summed E-state index contributed by atoms with van der Waals surface area (Å²) in [6, 6.07) is 2.24. The lowest BCUT2D eigenvalue weighted by atomic mass is 9.68. The molecular weight excluding hydrogens is 230 g/mol. The zero-order valence-electron chi connectivity index (χ0n) is 10.5. The normalized spacial score (nSPS) is 21.9. The molecule has 0 atom stereocenters. The Morgan fingerprint density at radius 1 is 1.28 bits per heavy atom. The molecule has 2 aliphatic carbocycles. The van der Waals surface area contributed by atoms with E-state index in [1.165, 1.54) is 0 Å². The number of carbonyl (C=O) groups is 2. The Morgan fingerprint density at radius 3 is 2.28 bits per heavy atom. The zero-order chi connectivity index (χ0) is 13.2. The lowest BCUT2D eigenvalue weighted by Gasteiger charge is -2.40. The van der Waals surface area contributed by atoms with Crippen molar-refractivity contribution in [1.82, 2.24) is 4.90 Å². The van der Waals surface area contributed by atoms with Crippen molar-refractivity contribution in [3.63, 3.8) is 0 Å². The van der Waals surface area contributed by atoms with Crippen molar-refractivity contribution in [3.05, 3.63) is 0 Å². The van der Waals surface area contributed by atoms with Crippen molar-refractivity contribution >= 4 is 11.8 Å². The molecule has 2 amide bonds. The van der Waals surface area contributed by atoms with Gasteiger partial charge in [-0.05, 0) is 32.1 Å². The molecule has 0 spiro atoms. The van der Waals surface area contributed by atoms with Crippen LogP contribution in [0.4, 0.5) is 0 Å². The second-order valence-electron chi connectivity index (χ2n) is 5.39. The maximum absolute atomic E-state index is 12.5. The van der Waals surface area contributed by atoms with Gasteiger partial charge in [-0.3, -0.25) is 9.59 Å². The monoisotopic (exact) mass is 249 g/mol. The predicted molar refractivity (Wildman–Crippen MR) is 65.1 cm³/mol. The smallest absolute Gasteiger partial charge is 0.243 e. The van der Waals surface area contributed by atoms with E-state index < -0.39 is 11.3 Å². The number of carbonyl (C=O) groups excluding carboxylic acids is 2. The van der Waals surface area contributed by atoms with Gasteiger partial charge in [-0.2, -0.15) is 5.26 Å². The molecule has 5 heteroatoms. The molecule has 2 N–H and O–H groups in total. The average Bonchev–Trinajstić information content (AvgIpc) is 2.77. The zero-order valence-corrected chi connectivity index (χ0v) is 10.5. The maximum atomic E-state index is 12.5. The van der Waals surface area contributed by atoms with Gasteiger partial charge in [0.2, 0.25) is 11.8 Å². The van der Waals surface area contributed by atoms with E-state index in [0.29, 0.717) is 12.8 Å². The SMILES string of the molecule is N#CC1(C(=O)N(CC(N)=O)C2CCCC2)CCC1. The topological polar surface area (TPSA) is 87.2 Å². The molecular formula is C13H19N3O2. The molecule has 0 aromatic rings. The molecule has 0 unspecified atom stereocenters. The van der Waals surface area contributed by atoms with Gasteiger partial charge in [0.15, 0.2) is 0 Å². The Kier molecular flexibility index (Phi) is 3.55. The molecule has 0 bridgehead atoms. The summed E-state index contributed by atoms with van der Waals surface area (Å²) in [4.78, 5) is 25.2. The van der Waals surface area contributed by atoms with Crippen LogP contribution in [0.3, 0.4) is 0 Å². The van der Waals surface area contributed by atoms with Crippen LogP contribution in [0.2, 0.25) is 0 Å². The Morgan fingerprint density at radius 2 is 1.89 bits per heavy atom. The van der Waals surface area contributed by atoms with Gasteiger partial charge in [0.1, 0.15) is 5.41 Å². The summed E-state index contributed by atoms with van der Waals surface area (Å²) >= 11 is 0. The molecule has 18 heavy (non-hydrogen) atoms. The van der Waals surface area contributed by atoms with Crippen LogP contribution in [-0.4, -0.2) is 29.3 Å². The van der Waals surface area contributed by atoms with Crippen LogP contribution in [0.25, 0.3) is 0 Å². The highest BCUT2D eigenvalue weighted by molar-refractivity contribution is 5.90. The van der Waals surface area contributed by atoms with Crippen molar-refractivity contribution in [2.24, 2.45) is 11.1 Å². The van der Waals surface area contributed by atoms with Crippen molar-refractivity contribution in [3.8, 4) is 6.07 Å². The number of nitriles is 1. The number of nitrogens with zero attached hydrogens (tertiary/aromatic N) is 2. The molecule has 0 aromatic heterocycles. The summed E-state index contributed by atoms with van der Waals surface area (Å²) < 4.78 is 0. The molecule has 0 saturated heterocycles. The van der Waals surface area contributed by atoms with E-state index in [-0.39, 0.29) is 18.5 Å². The number of nitrogens with two attached hydrogens (primary N) is 1. The van der Waals surface area contributed by atoms with E-state index in [0.717, 1.165) is 32.1 Å². The van der Waals surface area contributed by atoms with Crippen molar-refractivity contribution in [1.29, 1.82) is 5.26 Å². The number of primary amides is 1. The Labute approximate surface area is 107 Å². The first-order valence-electron chi connectivity index (χ1n) is 6.60. The Hall–Kier alpha value is -1.57. The van der Waals surface area contributed by atoms with Crippen molar-refractivity contribution < 1.29 is 9.59 Å². The predicted octanol–water partition coefficient (Wildman–Crippen LogP) is 0.937. The third kappa shape index (κ3) is 2.20. The molecule has 2 rings (SSSR count). The van der Waals surface area contributed by atoms with E-state index in [1.54, 1.807) is 4.90 Å². The van der Waals surface area contributed by atoms with E-state index >= 15 is 0 Å². The summed E-state index contributed by atoms with van der Waals surface area (Å²) in [5.74, 6) is -0.676. The molecule has 98 valence electrons. The lowest BCUT2D eigenvalue weighted by molar-refractivity contribution is -0.147. The molecule has 0 aromatic carbocycles. The minimum atomic E-state index is -0.877. The molecule has 2 saturated carbocycles. The largest absolute Gasteiger partial charge is 0.368 e. The van der Waals surface area contributed by atoms with E-state index in [1.807, 2.05) is 0 Å². The molecule has 2 fully saturated rings. The Balaban J connectivity index is 2.15. The highest BCUT2D eigenvalue weighted by Gasteiger charge is 2.48. The van der Waals surface area contributed by atoms with Gasteiger partial charge in [0.25, 0.3) is 0 Å². The Bertz CT molecular complexity index is 390. The number of hydrogen-bond donors (Lipinski definition) is 1. The summed E-state index contributed by atoms with van der Waals surface area (Å²) in [5, 5.41) is 9.22. The minimum absolute atomic E-state index is 0.0487. The number of hydrogen-bond acceptors (Lipinski definition) is 3. The van der Waals surface area contributed by atoms with E-state index in [9.17, 15) is 14.9 Å². The third-order valence-corrected chi connectivity index (χ3v) is 4.18. The van der Waals surface area contributed by atoms with Crippen molar-refractivity contribution in [2.45, 2.75) is 51.0 Å². The standard InChI is InChI=1S/C13H19N3O2/c14-9-13(6-3-7-13)12(18)16(8-11(15)17)10-4-1-2-5-10/h10H,1-8H2,(H2,15,17). The molecule has 0 radical (unpaired) electrons. The van der Waals surface area contributed by atoms with Crippen LogP contribution in [0.1, 0.15) is 44.9 Å². The van der Waals surface area contributed by atoms with Gasteiger partial charge in [-0.25, -0.2) is 0 Å². The van der Waals surface area contributed by atoms with Crippen molar-refractivity contribution in [2.75, 3.05) is 6.54 Å². The molecule has 5 nitrogen and oxygen atoms in total. The van der Waals surface area contributed by atoms with Crippen LogP contribution >= 0.6 is 0 Å². The van der Waals surface area contributed by atoms with Gasteiger partial charge in [-0.1, -0.05) is 12.8 Å². The maximum Gasteiger partial charge on any atom is 0.243 e. The summed E-state index contributed by atoms with van der Waals surface area (Å²) in [5.41, 5.74) is 4.35. The van der Waals surface area contributed by atoms with Gasteiger partial charge < -0.3 is 10.6 Å². The lowest BCUT2D eigenvalue weighted by Crippen LogP contribution is -2.52. The quantitative estimate of drug-likeness (QED) is 0.804. The fourth-order valence-corrected chi connectivity index (χ4v) is 2.93. The van der Waals surface area contributed by atoms with E-state index in [2.05, 4.69) is 6.07 Å². The molecule has 0 heterocycles. The molecule has 0 aliphatic heterocycles. The van der Waals surface area contributed by atoms with Gasteiger partial charge >= 0.3 is 0 Å². The van der Waals surface area contributed by atoms with Gasteiger partial charge in [0.05, 0.1) is 12.6 Å². The first-order valence-corrected chi connectivity index (χ1v) is 6.60. The first kappa shape index (κ1) is 12.9. The van der Waals surface area contributed by atoms with Gasteiger partial charge in [-0.15, -0.1) is 0 Å². The first-order chi connectivity index (χ1) is 8.59. The summed E-state index contributed by atoms with van der Waals surface area (Å²) in [6.07, 6.45) is 6.13. The van der Waals surface area contributed by atoms with Crippen LogP contribution in [0.15, 0.2) is 0 Å². The number of amides is 2. The van der Waals surface area contributed by atoms with Crippen LogP contribution in [-0.2, 0) is 9.59 Å². The number of rotatable bonds is 4. The van der Waals surface area contributed by atoms with Crippen LogP contribution < -0.4 is 5.73 Å². The highest BCUT2D eigenvalue weighted by atomic mass is 16.2.